The van der Waals surface area contributed by atoms with E-state index >= 15 is 0 Å². The van der Waals surface area contributed by atoms with Crippen molar-refractivity contribution in [3.8, 4) is 0 Å². The van der Waals surface area contributed by atoms with Gasteiger partial charge in [0.1, 0.15) is 0 Å². The van der Waals surface area contributed by atoms with E-state index in [4.69, 9.17) is 0 Å². The van der Waals surface area contributed by atoms with E-state index < -0.39 is 0 Å². The number of aliphatic hydroxyl groups is 1. The molecule has 0 bridgehead atoms. The van der Waals surface area contributed by atoms with Crippen LogP contribution in [0.5, 0.6) is 0 Å². The van der Waals surface area contributed by atoms with Gasteiger partial charge in [-0.3, -0.25) is 0 Å². The number of rotatable bonds is 1. The van der Waals surface area contributed by atoms with Gasteiger partial charge in [-0.2, -0.15) is 0 Å². The molecule has 1 atom stereocenters. The summed E-state index contributed by atoms with van der Waals surface area (Å²) in [7, 11) is 0. The Balaban J connectivity index is 2.42. The normalized spacial score (nSPS) is 20.4. The Morgan fingerprint density at radius 1 is 1.27 bits per heavy atom. The summed E-state index contributed by atoms with van der Waals surface area (Å²) in [6.07, 6.45) is 2.11. The fourth-order valence-corrected chi connectivity index (χ4v) is 2.57. The molecule has 0 unspecified atom stereocenters. The van der Waals surface area contributed by atoms with Gasteiger partial charge in [0.15, 0.2) is 0 Å². The highest BCUT2D eigenvalue weighted by Crippen LogP contribution is 2.35. The van der Waals surface area contributed by atoms with Gasteiger partial charge in [-0.25, -0.2) is 0 Å². The molecule has 0 heterocycles. The van der Waals surface area contributed by atoms with Crippen LogP contribution in [0.25, 0.3) is 0 Å². The molecule has 0 amide bonds. The van der Waals surface area contributed by atoms with E-state index in [-0.39, 0.29) is 5.41 Å². The van der Waals surface area contributed by atoms with Crippen LogP contribution in [0.4, 0.5) is 0 Å². The van der Waals surface area contributed by atoms with E-state index in [1.54, 1.807) is 0 Å². The molecule has 0 spiro atoms. The Kier molecular flexibility index (Phi) is 2.59. The maximum absolute atomic E-state index is 9.23. The van der Waals surface area contributed by atoms with Crippen molar-refractivity contribution in [2.45, 2.75) is 39.0 Å². The summed E-state index contributed by atoms with van der Waals surface area (Å²) in [6.45, 7) is 7.09. The van der Waals surface area contributed by atoms with E-state index in [9.17, 15) is 5.11 Å². The summed E-state index contributed by atoms with van der Waals surface area (Å²) in [4.78, 5) is 0. The predicted molar refractivity (Wildman–Crippen MR) is 63.1 cm³/mol. The number of aliphatic hydroxyl groups excluding tert-OH is 1. The lowest BCUT2D eigenvalue weighted by Crippen LogP contribution is -2.14. The van der Waals surface area contributed by atoms with Gasteiger partial charge < -0.3 is 5.11 Å². The highest BCUT2D eigenvalue weighted by atomic mass is 16.3. The van der Waals surface area contributed by atoms with Crippen molar-refractivity contribution in [3.63, 3.8) is 0 Å². The first-order chi connectivity index (χ1) is 7.02. The molecule has 82 valence electrons. The largest absolute Gasteiger partial charge is 0.396 e. The molecule has 1 aliphatic rings. The first-order valence-corrected chi connectivity index (χ1v) is 5.74. The van der Waals surface area contributed by atoms with Crippen LogP contribution < -0.4 is 0 Å². The summed E-state index contributed by atoms with van der Waals surface area (Å²) in [5.74, 6) is 0.448. The van der Waals surface area contributed by atoms with E-state index in [0.29, 0.717) is 12.5 Å². The summed E-state index contributed by atoms with van der Waals surface area (Å²) in [6, 6.07) is 6.60. The highest BCUT2D eigenvalue weighted by molar-refractivity contribution is 5.42. The smallest absolute Gasteiger partial charge is 0.0465 e. The SMILES string of the molecule is CC(C)(C)c1cccc2c1C[C@H](CO)C2. The first-order valence-electron chi connectivity index (χ1n) is 5.74. The molecule has 0 aromatic heterocycles. The van der Waals surface area contributed by atoms with Crippen molar-refractivity contribution in [3.05, 3.63) is 34.9 Å². The third-order valence-corrected chi connectivity index (χ3v) is 3.34. The standard InChI is InChI=1S/C14H20O/c1-14(2,3)13-6-4-5-11-7-10(9-15)8-12(11)13/h4-6,10,15H,7-9H2,1-3H3/t10-/m1/s1. The Bertz CT molecular complexity index is 360. The van der Waals surface area contributed by atoms with Crippen LogP contribution in [0.15, 0.2) is 18.2 Å². The summed E-state index contributed by atoms with van der Waals surface area (Å²) >= 11 is 0. The lowest BCUT2D eigenvalue weighted by Gasteiger charge is -2.22. The van der Waals surface area contributed by atoms with E-state index in [1.807, 2.05) is 0 Å². The zero-order valence-electron chi connectivity index (χ0n) is 9.88. The van der Waals surface area contributed by atoms with Crippen LogP contribution in [0, 0.1) is 5.92 Å². The number of hydrogen-bond donors (Lipinski definition) is 1. The van der Waals surface area contributed by atoms with Crippen molar-refractivity contribution in [1.29, 1.82) is 0 Å². The van der Waals surface area contributed by atoms with Gasteiger partial charge in [-0.15, -0.1) is 0 Å². The molecular weight excluding hydrogens is 184 g/mol. The molecule has 1 aromatic rings. The Labute approximate surface area is 92.1 Å². The second kappa shape index (κ2) is 3.64. The first kappa shape index (κ1) is 10.7. The zero-order valence-corrected chi connectivity index (χ0v) is 9.88. The lowest BCUT2D eigenvalue weighted by atomic mass is 9.82. The monoisotopic (exact) mass is 204 g/mol. The highest BCUT2D eigenvalue weighted by Gasteiger charge is 2.27. The quantitative estimate of drug-likeness (QED) is 0.745. The van der Waals surface area contributed by atoms with E-state index in [1.165, 1.54) is 16.7 Å². The Hall–Kier alpha value is -0.820. The Morgan fingerprint density at radius 2 is 2.00 bits per heavy atom. The van der Waals surface area contributed by atoms with Crippen LogP contribution in [-0.2, 0) is 18.3 Å². The summed E-state index contributed by atoms with van der Waals surface area (Å²) < 4.78 is 0. The molecule has 15 heavy (non-hydrogen) atoms. The molecule has 0 saturated carbocycles. The van der Waals surface area contributed by atoms with Crippen LogP contribution >= 0.6 is 0 Å². The minimum absolute atomic E-state index is 0.218. The predicted octanol–water partition coefficient (Wildman–Crippen LogP) is 2.69. The van der Waals surface area contributed by atoms with Crippen LogP contribution in [-0.4, -0.2) is 11.7 Å². The second-order valence-electron chi connectivity index (χ2n) is 5.65. The average Bonchev–Trinajstić information content (AvgIpc) is 2.57. The minimum Gasteiger partial charge on any atom is -0.396 e. The third-order valence-electron chi connectivity index (χ3n) is 3.34. The number of hydrogen-bond acceptors (Lipinski definition) is 1. The molecular formula is C14H20O. The zero-order chi connectivity index (χ0) is 11.1. The maximum Gasteiger partial charge on any atom is 0.0465 e. The third kappa shape index (κ3) is 1.93. The number of benzene rings is 1. The van der Waals surface area contributed by atoms with Crippen molar-refractivity contribution in [1.82, 2.24) is 0 Å². The van der Waals surface area contributed by atoms with Gasteiger partial charge in [-0.05, 0) is 40.9 Å². The molecule has 1 aliphatic carbocycles. The van der Waals surface area contributed by atoms with Gasteiger partial charge in [-0.1, -0.05) is 39.0 Å². The molecule has 1 heteroatoms. The second-order valence-corrected chi connectivity index (χ2v) is 5.65. The molecule has 1 aromatic carbocycles. The van der Waals surface area contributed by atoms with Gasteiger partial charge in [0, 0.05) is 6.61 Å². The molecule has 2 rings (SSSR count). The van der Waals surface area contributed by atoms with E-state index in [2.05, 4.69) is 39.0 Å². The van der Waals surface area contributed by atoms with Crippen molar-refractivity contribution < 1.29 is 5.11 Å². The molecule has 1 N–H and O–H groups in total. The fourth-order valence-electron chi connectivity index (χ4n) is 2.57. The van der Waals surface area contributed by atoms with Crippen molar-refractivity contribution >= 4 is 0 Å². The van der Waals surface area contributed by atoms with Crippen molar-refractivity contribution in [2.75, 3.05) is 6.61 Å². The van der Waals surface area contributed by atoms with Gasteiger partial charge in [0.05, 0.1) is 0 Å². The Morgan fingerprint density at radius 3 is 2.60 bits per heavy atom. The van der Waals surface area contributed by atoms with Crippen LogP contribution in [0.1, 0.15) is 37.5 Å². The average molecular weight is 204 g/mol. The van der Waals surface area contributed by atoms with E-state index in [0.717, 1.165) is 12.8 Å². The molecule has 0 aliphatic heterocycles. The fraction of sp³-hybridized carbons (Fsp3) is 0.571. The minimum atomic E-state index is 0.218. The van der Waals surface area contributed by atoms with Gasteiger partial charge >= 0.3 is 0 Å². The van der Waals surface area contributed by atoms with Crippen molar-refractivity contribution in [2.24, 2.45) is 5.92 Å². The molecule has 0 radical (unpaired) electrons. The lowest BCUT2D eigenvalue weighted by molar-refractivity contribution is 0.232. The summed E-state index contributed by atoms with van der Waals surface area (Å²) in [5, 5.41) is 9.23. The maximum atomic E-state index is 9.23. The number of fused-ring (bicyclic) bond motifs is 1. The van der Waals surface area contributed by atoms with Gasteiger partial charge in [0.2, 0.25) is 0 Å². The van der Waals surface area contributed by atoms with Crippen LogP contribution in [0.3, 0.4) is 0 Å². The summed E-state index contributed by atoms with van der Waals surface area (Å²) in [5.41, 5.74) is 4.61. The van der Waals surface area contributed by atoms with Crippen LogP contribution in [0.2, 0.25) is 0 Å². The molecule has 1 nitrogen and oxygen atoms in total. The topological polar surface area (TPSA) is 20.2 Å². The molecule has 0 fully saturated rings. The van der Waals surface area contributed by atoms with Gasteiger partial charge in [0.25, 0.3) is 0 Å². The molecule has 0 saturated heterocycles.